The van der Waals surface area contributed by atoms with Crippen molar-refractivity contribution in [1.29, 1.82) is 0 Å². The van der Waals surface area contributed by atoms with Crippen molar-refractivity contribution in [3.8, 4) is 0 Å². The molecule has 1 N–H and O–H groups in total. The molecule has 5 nitrogen and oxygen atoms in total. The number of ketones is 1. The summed E-state index contributed by atoms with van der Waals surface area (Å²) in [6.07, 6.45) is 0.190. The first kappa shape index (κ1) is 19.4. The quantitative estimate of drug-likeness (QED) is 0.775. The Hall–Kier alpha value is -2.95. The van der Waals surface area contributed by atoms with Crippen LogP contribution in [0, 0.1) is 6.92 Å². The number of amides is 2. The van der Waals surface area contributed by atoms with Crippen LogP contribution in [0.4, 0.5) is 5.69 Å². The molecular weight excluding hydrogens is 328 g/mol. The fraction of sp³-hybridized carbons (Fsp3) is 0.286. The molecule has 0 spiro atoms. The van der Waals surface area contributed by atoms with Crippen molar-refractivity contribution in [3.05, 3.63) is 65.2 Å². The van der Waals surface area contributed by atoms with Gasteiger partial charge in [-0.1, -0.05) is 42.0 Å². The summed E-state index contributed by atoms with van der Waals surface area (Å²) in [4.78, 5) is 37.1. The third-order valence-electron chi connectivity index (χ3n) is 4.06. The van der Waals surface area contributed by atoms with E-state index >= 15 is 0 Å². The van der Waals surface area contributed by atoms with E-state index in [2.05, 4.69) is 5.32 Å². The molecule has 2 aromatic rings. The van der Waals surface area contributed by atoms with Crippen LogP contribution in [0.5, 0.6) is 0 Å². The van der Waals surface area contributed by atoms with E-state index in [0.29, 0.717) is 24.3 Å². The van der Waals surface area contributed by atoms with Crippen LogP contribution in [0.25, 0.3) is 0 Å². The van der Waals surface area contributed by atoms with Gasteiger partial charge in [0.25, 0.3) is 0 Å². The maximum atomic E-state index is 12.2. The molecule has 0 radical (unpaired) electrons. The highest BCUT2D eigenvalue weighted by molar-refractivity contribution is 5.97. The summed E-state index contributed by atoms with van der Waals surface area (Å²) in [7, 11) is 0. The standard InChI is InChI=1S/C21H24N2O3/c1-15-6-4-7-18(12-15)14-23(17(3)25)11-10-21(26)22-20-9-5-8-19(13-20)16(2)24/h4-9,12-13H,10-11,14H2,1-3H3,(H,22,26). The minimum absolute atomic E-state index is 0.0537. The highest BCUT2D eigenvalue weighted by Crippen LogP contribution is 2.12. The Labute approximate surface area is 154 Å². The number of nitrogens with zero attached hydrogens (tertiary/aromatic N) is 1. The molecule has 0 atom stereocenters. The molecular formula is C21H24N2O3. The van der Waals surface area contributed by atoms with E-state index in [1.54, 1.807) is 29.2 Å². The van der Waals surface area contributed by atoms with Crippen LogP contribution in [-0.4, -0.2) is 29.0 Å². The summed E-state index contributed by atoms with van der Waals surface area (Å²) >= 11 is 0. The molecule has 136 valence electrons. The minimum Gasteiger partial charge on any atom is -0.338 e. The maximum absolute atomic E-state index is 12.2. The molecule has 0 aliphatic carbocycles. The van der Waals surface area contributed by atoms with E-state index in [0.717, 1.165) is 11.1 Å². The predicted octanol–water partition coefficient (Wildman–Crippen LogP) is 3.57. The highest BCUT2D eigenvalue weighted by atomic mass is 16.2. The topological polar surface area (TPSA) is 66.5 Å². The molecule has 0 heterocycles. The van der Waals surface area contributed by atoms with Gasteiger partial charge in [-0.25, -0.2) is 0 Å². The Bertz CT molecular complexity index is 814. The van der Waals surface area contributed by atoms with Gasteiger partial charge in [-0.3, -0.25) is 14.4 Å². The van der Waals surface area contributed by atoms with Gasteiger partial charge in [0.1, 0.15) is 0 Å². The van der Waals surface area contributed by atoms with E-state index in [-0.39, 0.29) is 24.0 Å². The fourth-order valence-electron chi connectivity index (χ4n) is 2.65. The van der Waals surface area contributed by atoms with Gasteiger partial charge in [0.05, 0.1) is 0 Å². The number of aryl methyl sites for hydroxylation is 1. The van der Waals surface area contributed by atoms with Crippen LogP contribution < -0.4 is 5.32 Å². The smallest absolute Gasteiger partial charge is 0.226 e. The number of nitrogens with one attached hydrogen (secondary N) is 1. The second-order valence-corrected chi connectivity index (χ2v) is 6.36. The van der Waals surface area contributed by atoms with Crippen molar-refractivity contribution >= 4 is 23.3 Å². The molecule has 0 unspecified atom stereocenters. The van der Waals surface area contributed by atoms with Crippen molar-refractivity contribution in [2.75, 3.05) is 11.9 Å². The average Bonchev–Trinajstić information content (AvgIpc) is 2.58. The third-order valence-corrected chi connectivity index (χ3v) is 4.06. The zero-order valence-electron chi connectivity index (χ0n) is 15.4. The summed E-state index contributed by atoms with van der Waals surface area (Å²) in [5.74, 6) is -0.318. The zero-order valence-corrected chi connectivity index (χ0v) is 15.4. The molecule has 0 aliphatic heterocycles. The number of benzene rings is 2. The molecule has 2 aromatic carbocycles. The van der Waals surface area contributed by atoms with Gasteiger partial charge in [0.15, 0.2) is 5.78 Å². The normalized spacial score (nSPS) is 10.3. The van der Waals surface area contributed by atoms with E-state index < -0.39 is 0 Å². The van der Waals surface area contributed by atoms with Crippen LogP contribution in [0.3, 0.4) is 0 Å². The lowest BCUT2D eigenvalue weighted by atomic mass is 10.1. The Morgan fingerprint density at radius 3 is 2.38 bits per heavy atom. The van der Waals surface area contributed by atoms with Crippen LogP contribution >= 0.6 is 0 Å². The summed E-state index contributed by atoms with van der Waals surface area (Å²) in [6.45, 7) is 5.80. The van der Waals surface area contributed by atoms with Gasteiger partial charge >= 0.3 is 0 Å². The zero-order chi connectivity index (χ0) is 19.1. The molecule has 0 fully saturated rings. The molecule has 0 aromatic heterocycles. The van der Waals surface area contributed by atoms with Crippen molar-refractivity contribution < 1.29 is 14.4 Å². The minimum atomic E-state index is -0.193. The Morgan fingerprint density at radius 2 is 1.73 bits per heavy atom. The fourth-order valence-corrected chi connectivity index (χ4v) is 2.65. The SMILES string of the molecule is CC(=O)c1cccc(NC(=O)CCN(Cc2cccc(C)c2)C(C)=O)c1. The number of carbonyl (C=O) groups is 3. The first-order valence-corrected chi connectivity index (χ1v) is 8.57. The monoisotopic (exact) mass is 352 g/mol. The molecule has 5 heteroatoms. The average molecular weight is 352 g/mol. The molecule has 2 amide bonds. The van der Waals surface area contributed by atoms with Crippen molar-refractivity contribution in [3.63, 3.8) is 0 Å². The Balaban J connectivity index is 1.94. The third kappa shape index (κ3) is 5.84. The lowest BCUT2D eigenvalue weighted by molar-refractivity contribution is -0.129. The highest BCUT2D eigenvalue weighted by Gasteiger charge is 2.12. The first-order chi connectivity index (χ1) is 12.3. The second-order valence-electron chi connectivity index (χ2n) is 6.36. The van der Waals surface area contributed by atoms with Gasteiger partial charge < -0.3 is 10.2 Å². The number of hydrogen-bond donors (Lipinski definition) is 1. The van der Waals surface area contributed by atoms with Gasteiger partial charge in [-0.05, 0) is 31.5 Å². The summed E-state index contributed by atoms with van der Waals surface area (Å²) < 4.78 is 0. The first-order valence-electron chi connectivity index (χ1n) is 8.57. The van der Waals surface area contributed by atoms with Crippen LogP contribution in [0.2, 0.25) is 0 Å². The molecule has 0 bridgehead atoms. The van der Waals surface area contributed by atoms with Crippen molar-refractivity contribution in [1.82, 2.24) is 4.90 Å². The number of rotatable bonds is 7. The number of carbonyl (C=O) groups excluding carboxylic acids is 3. The van der Waals surface area contributed by atoms with E-state index in [1.807, 2.05) is 31.2 Å². The Morgan fingerprint density at radius 1 is 1.00 bits per heavy atom. The summed E-state index contributed by atoms with van der Waals surface area (Å²) in [6, 6.07) is 14.8. The summed E-state index contributed by atoms with van der Waals surface area (Å²) in [5.41, 5.74) is 3.30. The number of hydrogen-bond acceptors (Lipinski definition) is 3. The van der Waals surface area contributed by atoms with Crippen LogP contribution in [0.1, 0.15) is 41.8 Å². The lowest BCUT2D eigenvalue weighted by Crippen LogP contribution is -2.31. The molecule has 0 aliphatic rings. The molecule has 0 saturated carbocycles. The van der Waals surface area contributed by atoms with Gasteiger partial charge in [0, 0.05) is 37.7 Å². The van der Waals surface area contributed by atoms with Gasteiger partial charge in [0.2, 0.25) is 11.8 Å². The molecule has 2 rings (SSSR count). The lowest BCUT2D eigenvalue weighted by Gasteiger charge is -2.21. The number of Topliss-reactive ketones (excluding diaryl/α,β-unsaturated/α-hetero) is 1. The van der Waals surface area contributed by atoms with Crippen molar-refractivity contribution in [2.45, 2.75) is 33.7 Å². The van der Waals surface area contributed by atoms with Gasteiger partial charge in [-0.2, -0.15) is 0 Å². The summed E-state index contributed by atoms with van der Waals surface area (Å²) in [5, 5.41) is 2.78. The van der Waals surface area contributed by atoms with Gasteiger partial charge in [-0.15, -0.1) is 0 Å². The largest absolute Gasteiger partial charge is 0.338 e. The second kappa shape index (κ2) is 8.94. The molecule has 26 heavy (non-hydrogen) atoms. The van der Waals surface area contributed by atoms with Crippen molar-refractivity contribution in [2.24, 2.45) is 0 Å². The van der Waals surface area contributed by atoms with E-state index in [4.69, 9.17) is 0 Å². The predicted molar refractivity (Wildman–Crippen MR) is 102 cm³/mol. The van der Waals surface area contributed by atoms with Crippen LogP contribution in [0.15, 0.2) is 48.5 Å². The molecule has 0 saturated heterocycles. The van der Waals surface area contributed by atoms with E-state index in [9.17, 15) is 14.4 Å². The Kier molecular flexibility index (Phi) is 6.67. The maximum Gasteiger partial charge on any atom is 0.226 e. The number of anilines is 1. The van der Waals surface area contributed by atoms with Crippen LogP contribution in [-0.2, 0) is 16.1 Å². The van der Waals surface area contributed by atoms with E-state index in [1.165, 1.54) is 13.8 Å².